The minimum absolute atomic E-state index is 0.125. The molecule has 5 heteroatoms. The van der Waals surface area contributed by atoms with Gasteiger partial charge < -0.3 is 11.1 Å². The Bertz CT molecular complexity index is 466. The maximum atomic E-state index is 12.2. The monoisotopic (exact) mass is 370 g/mol. The molecular formula is C16H23BrN2OS. The van der Waals surface area contributed by atoms with E-state index in [0.29, 0.717) is 24.3 Å². The van der Waals surface area contributed by atoms with Gasteiger partial charge in [0.05, 0.1) is 0 Å². The molecule has 1 amide bonds. The summed E-state index contributed by atoms with van der Waals surface area (Å²) in [6.07, 6.45) is 3.21. The van der Waals surface area contributed by atoms with Crippen LogP contribution in [0.5, 0.6) is 0 Å². The molecule has 21 heavy (non-hydrogen) atoms. The molecule has 1 aromatic rings. The summed E-state index contributed by atoms with van der Waals surface area (Å²) in [5, 5.41) is 3.45. The first-order chi connectivity index (χ1) is 10.1. The van der Waals surface area contributed by atoms with E-state index in [2.05, 4.69) is 40.3 Å². The summed E-state index contributed by atoms with van der Waals surface area (Å²) in [6.45, 7) is 3.47. The number of nitrogens with two attached hydrogens (primary N) is 1. The lowest BCUT2D eigenvalue weighted by Crippen LogP contribution is -2.37. The van der Waals surface area contributed by atoms with Crippen LogP contribution in [0, 0.1) is 11.8 Å². The van der Waals surface area contributed by atoms with Crippen LogP contribution in [0.15, 0.2) is 33.6 Å². The molecule has 1 unspecified atom stereocenters. The highest BCUT2D eigenvalue weighted by atomic mass is 79.9. The summed E-state index contributed by atoms with van der Waals surface area (Å²) >= 11 is 5.22. The number of amides is 1. The second-order valence-electron chi connectivity index (χ2n) is 5.66. The van der Waals surface area contributed by atoms with Crippen molar-refractivity contribution in [3.63, 3.8) is 0 Å². The fourth-order valence-electron chi connectivity index (χ4n) is 2.83. The average molecular weight is 371 g/mol. The van der Waals surface area contributed by atoms with Gasteiger partial charge in [-0.05, 0) is 49.6 Å². The Kier molecular flexibility index (Phi) is 6.58. The lowest BCUT2D eigenvalue weighted by molar-refractivity contribution is -0.125. The van der Waals surface area contributed by atoms with Crippen LogP contribution in [0.4, 0.5) is 0 Å². The van der Waals surface area contributed by atoms with Crippen molar-refractivity contribution in [2.75, 3.05) is 13.1 Å². The molecule has 0 saturated heterocycles. The molecule has 2 rings (SSSR count). The van der Waals surface area contributed by atoms with Gasteiger partial charge in [0.2, 0.25) is 5.91 Å². The molecule has 1 fully saturated rings. The number of hydrogen-bond acceptors (Lipinski definition) is 3. The number of nitrogens with one attached hydrogen (secondary N) is 1. The van der Waals surface area contributed by atoms with Crippen molar-refractivity contribution in [1.82, 2.24) is 5.32 Å². The molecule has 3 atom stereocenters. The first-order valence-corrected chi connectivity index (χ1v) is 9.17. The Labute approximate surface area is 139 Å². The highest BCUT2D eigenvalue weighted by molar-refractivity contribution is 9.10. The lowest BCUT2D eigenvalue weighted by Gasteiger charge is -2.19. The van der Waals surface area contributed by atoms with Gasteiger partial charge in [-0.2, -0.15) is 0 Å². The molecule has 0 heterocycles. The summed E-state index contributed by atoms with van der Waals surface area (Å²) in [6, 6.07) is 8.26. The fourth-order valence-corrected chi connectivity index (χ4v) is 4.02. The predicted octanol–water partition coefficient (Wildman–Crippen LogP) is 3.42. The van der Waals surface area contributed by atoms with E-state index < -0.39 is 0 Å². The van der Waals surface area contributed by atoms with Gasteiger partial charge in [-0.3, -0.25) is 4.79 Å². The zero-order valence-electron chi connectivity index (χ0n) is 12.3. The molecule has 1 aliphatic carbocycles. The van der Waals surface area contributed by atoms with Gasteiger partial charge in [0, 0.05) is 27.1 Å². The molecule has 0 radical (unpaired) electrons. The zero-order valence-corrected chi connectivity index (χ0v) is 14.8. The molecule has 0 aromatic heterocycles. The van der Waals surface area contributed by atoms with E-state index in [1.54, 1.807) is 11.8 Å². The van der Waals surface area contributed by atoms with Crippen molar-refractivity contribution in [2.24, 2.45) is 17.6 Å². The average Bonchev–Trinajstić information content (AvgIpc) is 2.96. The van der Waals surface area contributed by atoms with Crippen molar-refractivity contribution in [2.45, 2.75) is 36.3 Å². The Hall–Kier alpha value is -0.520. The van der Waals surface area contributed by atoms with E-state index in [1.807, 2.05) is 12.1 Å². The van der Waals surface area contributed by atoms with Crippen LogP contribution in [0.3, 0.4) is 0 Å². The third-order valence-corrected chi connectivity index (χ3v) is 5.66. The second-order valence-corrected chi connectivity index (χ2v) is 8.09. The van der Waals surface area contributed by atoms with Gasteiger partial charge >= 0.3 is 0 Å². The van der Waals surface area contributed by atoms with Crippen molar-refractivity contribution in [3.8, 4) is 0 Å². The van der Waals surface area contributed by atoms with Crippen molar-refractivity contribution in [1.29, 1.82) is 0 Å². The largest absolute Gasteiger partial charge is 0.355 e. The topological polar surface area (TPSA) is 55.1 Å². The van der Waals surface area contributed by atoms with Gasteiger partial charge in [-0.15, -0.1) is 11.8 Å². The third-order valence-electron chi connectivity index (χ3n) is 4.01. The summed E-state index contributed by atoms with van der Waals surface area (Å²) < 4.78 is 1.09. The smallest absolute Gasteiger partial charge is 0.223 e. The third kappa shape index (κ3) is 5.01. The quantitative estimate of drug-likeness (QED) is 0.754. The van der Waals surface area contributed by atoms with E-state index in [-0.39, 0.29) is 11.8 Å². The molecule has 0 bridgehead atoms. The number of carbonyl (C=O) groups excluding carboxylic acids is 1. The molecule has 1 aromatic carbocycles. The van der Waals surface area contributed by atoms with Crippen LogP contribution in [0.2, 0.25) is 0 Å². The summed E-state index contributed by atoms with van der Waals surface area (Å²) in [5.74, 6) is 0.686. The Morgan fingerprint density at radius 2 is 2.14 bits per heavy atom. The molecule has 0 aliphatic heterocycles. The molecule has 3 N–H and O–H groups in total. The van der Waals surface area contributed by atoms with E-state index >= 15 is 0 Å². The Morgan fingerprint density at radius 3 is 2.81 bits per heavy atom. The van der Waals surface area contributed by atoms with Gasteiger partial charge in [0.25, 0.3) is 0 Å². The molecule has 1 aliphatic rings. The Balaban J connectivity index is 1.77. The number of halogens is 1. The Morgan fingerprint density at radius 1 is 1.43 bits per heavy atom. The zero-order chi connectivity index (χ0) is 15.2. The van der Waals surface area contributed by atoms with E-state index in [1.165, 1.54) is 4.90 Å². The molecule has 0 spiro atoms. The van der Waals surface area contributed by atoms with Crippen molar-refractivity contribution >= 4 is 33.6 Å². The highest BCUT2D eigenvalue weighted by Crippen LogP contribution is 2.31. The maximum Gasteiger partial charge on any atom is 0.223 e. The first kappa shape index (κ1) is 16.8. The number of carbonyl (C=O) groups is 1. The van der Waals surface area contributed by atoms with Crippen molar-refractivity contribution in [3.05, 3.63) is 28.7 Å². The first-order valence-electron chi connectivity index (χ1n) is 7.50. The van der Waals surface area contributed by atoms with Crippen LogP contribution in [-0.2, 0) is 4.79 Å². The fraction of sp³-hybridized carbons (Fsp3) is 0.562. The SMILES string of the molecule is CC(CNC(=O)[C@@H]1CCC[C@@H]1CN)Sc1ccc(Br)cc1. The van der Waals surface area contributed by atoms with E-state index in [9.17, 15) is 4.79 Å². The van der Waals surface area contributed by atoms with Gasteiger partial charge in [0.15, 0.2) is 0 Å². The standard InChI is InChI=1S/C16H23BrN2OS/c1-11(21-14-7-5-13(17)6-8-14)10-19-16(20)15-4-2-3-12(15)9-18/h5-8,11-12,15H,2-4,9-10,18H2,1H3,(H,19,20)/t11?,12-,15-/m1/s1. The van der Waals surface area contributed by atoms with Gasteiger partial charge in [0.1, 0.15) is 0 Å². The number of thioether (sulfide) groups is 1. The van der Waals surface area contributed by atoms with Crippen LogP contribution in [0.1, 0.15) is 26.2 Å². The summed E-state index contributed by atoms with van der Waals surface area (Å²) in [7, 11) is 0. The summed E-state index contributed by atoms with van der Waals surface area (Å²) in [5.41, 5.74) is 5.74. The van der Waals surface area contributed by atoms with Crippen LogP contribution < -0.4 is 11.1 Å². The lowest BCUT2D eigenvalue weighted by atomic mass is 9.95. The molecule has 1 saturated carbocycles. The predicted molar refractivity (Wildman–Crippen MR) is 92.4 cm³/mol. The number of benzene rings is 1. The minimum Gasteiger partial charge on any atom is -0.355 e. The minimum atomic E-state index is 0.125. The van der Waals surface area contributed by atoms with Gasteiger partial charge in [-0.25, -0.2) is 0 Å². The number of hydrogen-bond donors (Lipinski definition) is 2. The molecular weight excluding hydrogens is 348 g/mol. The van der Waals surface area contributed by atoms with Crippen LogP contribution >= 0.6 is 27.7 Å². The molecule has 116 valence electrons. The second kappa shape index (κ2) is 8.20. The van der Waals surface area contributed by atoms with Gasteiger partial charge in [-0.1, -0.05) is 29.3 Å². The number of rotatable bonds is 6. The molecule has 3 nitrogen and oxygen atoms in total. The van der Waals surface area contributed by atoms with E-state index in [0.717, 1.165) is 23.7 Å². The van der Waals surface area contributed by atoms with E-state index in [4.69, 9.17) is 5.73 Å². The maximum absolute atomic E-state index is 12.2. The normalized spacial score (nSPS) is 23.0. The summed E-state index contributed by atoms with van der Waals surface area (Å²) in [4.78, 5) is 13.5. The van der Waals surface area contributed by atoms with Crippen LogP contribution in [-0.4, -0.2) is 24.2 Å². The van der Waals surface area contributed by atoms with Crippen molar-refractivity contribution < 1.29 is 4.79 Å². The highest BCUT2D eigenvalue weighted by Gasteiger charge is 2.31. The van der Waals surface area contributed by atoms with Crippen LogP contribution in [0.25, 0.3) is 0 Å².